The van der Waals surface area contributed by atoms with Crippen LogP contribution in [0.3, 0.4) is 0 Å². The number of aliphatic hydroxyl groups is 2. The van der Waals surface area contributed by atoms with Gasteiger partial charge in [-0.25, -0.2) is 0 Å². The fourth-order valence-electron chi connectivity index (χ4n) is 7.79. The van der Waals surface area contributed by atoms with Crippen molar-refractivity contribution in [2.45, 2.75) is 283 Å². The van der Waals surface area contributed by atoms with Gasteiger partial charge in [0.1, 0.15) is 0 Å². The summed E-state index contributed by atoms with van der Waals surface area (Å²) >= 11 is 0. The molecule has 0 fully saturated rings. The highest BCUT2D eigenvalue weighted by Gasteiger charge is 2.20. The van der Waals surface area contributed by atoms with Crippen molar-refractivity contribution in [2.24, 2.45) is 0 Å². The smallest absolute Gasteiger partial charge is 0.305 e. The molecule has 0 aliphatic heterocycles. The largest absolute Gasteiger partial charge is 0.466 e. The highest BCUT2D eigenvalue weighted by Crippen LogP contribution is 2.16. The van der Waals surface area contributed by atoms with Crippen molar-refractivity contribution in [2.75, 3.05) is 13.2 Å². The Labute approximate surface area is 361 Å². The summed E-state index contributed by atoms with van der Waals surface area (Å²) in [4.78, 5) is 24.4. The monoisotopic (exact) mass is 818 g/mol. The van der Waals surface area contributed by atoms with E-state index in [9.17, 15) is 19.8 Å². The van der Waals surface area contributed by atoms with Gasteiger partial charge in [-0.3, -0.25) is 9.59 Å². The summed E-state index contributed by atoms with van der Waals surface area (Å²) in [6, 6.07) is -0.546. The van der Waals surface area contributed by atoms with Gasteiger partial charge in [-0.1, -0.05) is 224 Å². The maximum absolute atomic E-state index is 12.4. The van der Waals surface area contributed by atoms with Gasteiger partial charge in [-0.15, -0.1) is 0 Å². The van der Waals surface area contributed by atoms with Crippen LogP contribution >= 0.6 is 0 Å². The number of carbonyl (C=O) groups excluding carboxylic acids is 2. The molecule has 0 bridgehead atoms. The summed E-state index contributed by atoms with van der Waals surface area (Å²) in [6.45, 7) is 4.88. The summed E-state index contributed by atoms with van der Waals surface area (Å²) in [5, 5.41) is 23.1. The number of unbranched alkanes of at least 4 members (excludes halogenated alkanes) is 32. The molecule has 1 amide bonds. The lowest BCUT2D eigenvalue weighted by atomic mass is 10.0. The molecule has 0 saturated carbocycles. The molecule has 6 heteroatoms. The zero-order valence-electron chi connectivity index (χ0n) is 38.8. The third-order valence-electron chi connectivity index (χ3n) is 11.8. The summed E-state index contributed by atoms with van der Waals surface area (Å²) in [5.74, 6) is -0.0541. The number of aliphatic hydroxyl groups excluding tert-OH is 2. The second-order valence-electron chi connectivity index (χ2n) is 17.5. The fourth-order valence-corrected chi connectivity index (χ4v) is 7.79. The van der Waals surface area contributed by atoms with Crippen molar-refractivity contribution in [3.05, 3.63) is 24.3 Å². The van der Waals surface area contributed by atoms with E-state index in [-0.39, 0.29) is 18.5 Å². The van der Waals surface area contributed by atoms with Gasteiger partial charge in [-0.05, 0) is 57.8 Å². The highest BCUT2D eigenvalue weighted by atomic mass is 16.5. The van der Waals surface area contributed by atoms with Gasteiger partial charge in [0.05, 0.1) is 25.4 Å². The number of amides is 1. The Bertz CT molecular complexity index is 904. The lowest BCUT2D eigenvalue weighted by Crippen LogP contribution is -2.45. The predicted octanol–water partition coefficient (Wildman–Crippen LogP) is 15.1. The number of carbonyl (C=O) groups is 2. The molecule has 3 N–H and O–H groups in total. The van der Waals surface area contributed by atoms with E-state index in [1.807, 2.05) is 0 Å². The number of allylic oxidation sites excluding steroid dienone is 4. The molecular formula is C52H99NO5. The van der Waals surface area contributed by atoms with Crippen LogP contribution in [0.2, 0.25) is 0 Å². The normalized spacial score (nSPS) is 12.8. The minimum absolute atomic E-state index is 0.00756. The molecule has 0 aromatic carbocycles. The molecule has 0 radical (unpaired) electrons. The summed E-state index contributed by atoms with van der Waals surface area (Å²) < 4.78 is 5.47. The molecule has 0 spiro atoms. The van der Waals surface area contributed by atoms with Crippen LogP contribution in [0.15, 0.2) is 24.3 Å². The molecule has 58 heavy (non-hydrogen) atoms. The maximum atomic E-state index is 12.4. The van der Waals surface area contributed by atoms with Crippen LogP contribution in [0.25, 0.3) is 0 Å². The molecule has 2 atom stereocenters. The Balaban J connectivity index is 3.40. The van der Waals surface area contributed by atoms with Crippen molar-refractivity contribution >= 4 is 11.9 Å². The number of hydrogen-bond acceptors (Lipinski definition) is 5. The van der Waals surface area contributed by atoms with E-state index in [2.05, 4.69) is 43.5 Å². The second kappa shape index (κ2) is 48.0. The summed E-state index contributed by atoms with van der Waals surface area (Å²) in [6.07, 6.45) is 55.8. The highest BCUT2D eigenvalue weighted by molar-refractivity contribution is 5.76. The maximum Gasteiger partial charge on any atom is 0.305 e. The minimum atomic E-state index is -0.667. The Morgan fingerprint density at radius 1 is 0.483 bits per heavy atom. The van der Waals surface area contributed by atoms with Gasteiger partial charge in [-0.2, -0.15) is 0 Å². The average molecular weight is 818 g/mol. The van der Waals surface area contributed by atoms with E-state index >= 15 is 0 Å². The van der Waals surface area contributed by atoms with E-state index in [1.165, 1.54) is 180 Å². The van der Waals surface area contributed by atoms with Crippen LogP contribution in [-0.2, 0) is 14.3 Å². The van der Waals surface area contributed by atoms with Crippen LogP contribution in [0.1, 0.15) is 271 Å². The molecular weight excluding hydrogens is 719 g/mol. The van der Waals surface area contributed by atoms with Crippen molar-refractivity contribution < 1.29 is 24.5 Å². The number of rotatable bonds is 47. The Hall–Kier alpha value is -1.66. The SMILES string of the molecule is CCCCC/C=C\C/C=C\CCCCCCCCCC(=O)OCCCCCCCCCCCCCCCCCC(=O)NC(CO)C(O)CCCCCCCCCCC. The first-order valence-electron chi connectivity index (χ1n) is 25.6. The third kappa shape index (κ3) is 43.9. The van der Waals surface area contributed by atoms with Gasteiger partial charge in [0.25, 0.3) is 0 Å². The summed E-state index contributed by atoms with van der Waals surface area (Å²) in [5.41, 5.74) is 0. The fraction of sp³-hybridized carbons (Fsp3) is 0.885. The Morgan fingerprint density at radius 3 is 1.34 bits per heavy atom. The molecule has 342 valence electrons. The van der Waals surface area contributed by atoms with Crippen LogP contribution in [0, 0.1) is 0 Å². The topological polar surface area (TPSA) is 95.9 Å². The second-order valence-corrected chi connectivity index (χ2v) is 17.5. The number of esters is 1. The van der Waals surface area contributed by atoms with Gasteiger partial charge in [0.15, 0.2) is 0 Å². The van der Waals surface area contributed by atoms with Crippen molar-refractivity contribution in [1.29, 1.82) is 0 Å². The molecule has 0 rings (SSSR count). The molecule has 0 aromatic heterocycles. The van der Waals surface area contributed by atoms with Crippen molar-refractivity contribution in [3.63, 3.8) is 0 Å². The van der Waals surface area contributed by atoms with E-state index in [0.29, 0.717) is 25.9 Å². The van der Waals surface area contributed by atoms with E-state index < -0.39 is 12.1 Å². The average Bonchev–Trinajstić information content (AvgIpc) is 3.22. The number of nitrogens with one attached hydrogen (secondary N) is 1. The zero-order valence-corrected chi connectivity index (χ0v) is 38.8. The first-order chi connectivity index (χ1) is 28.5. The quantitative estimate of drug-likeness (QED) is 0.0323. The van der Waals surface area contributed by atoms with Gasteiger partial charge < -0.3 is 20.3 Å². The standard InChI is InChI=1S/C52H99NO5/c1-3-5-7-9-11-13-14-15-16-17-20-23-26-30-34-38-42-46-52(57)58-47-43-39-35-31-27-24-21-18-19-22-25-29-33-37-41-45-51(56)53-49(48-54)50(55)44-40-36-32-28-12-10-8-6-4-2/h11,13,15-16,49-50,54-55H,3-10,12,14,17-48H2,1-2H3,(H,53,56)/b13-11-,16-15-. The zero-order chi connectivity index (χ0) is 42.3. The van der Waals surface area contributed by atoms with Crippen molar-refractivity contribution in [1.82, 2.24) is 5.32 Å². The Kier molecular flexibility index (Phi) is 46.6. The van der Waals surface area contributed by atoms with Crippen LogP contribution < -0.4 is 5.32 Å². The molecule has 0 aromatic rings. The first kappa shape index (κ1) is 56.3. The van der Waals surface area contributed by atoms with E-state index in [4.69, 9.17) is 4.74 Å². The molecule has 0 saturated heterocycles. The molecule has 0 aliphatic carbocycles. The molecule has 0 aliphatic rings. The minimum Gasteiger partial charge on any atom is -0.466 e. The predicted molar refractivity (Wildman–Crippen MR) is 250 cm³/mol. The third-order valence-corrected chi connectivity index (χ3v) is 11.8. The lowest BCUT2D eigenvalue weighted by molar-refractivity contribution is -0.143. The van der Waals surface area contributed by atoms with E-state index in [1.54, 1.807) is 0 Å². The van der Waals surface area contributed by atoms with Gasteiger partial charge in [0.2, 0.25) is 5.91 Å². The van der Waals surface area contributed by atoms with Crippen LogP contribution in [0.5, 0.6) is 0 Å². The molecule has 2 unspecified atom stereocenters. The summed E-state index contributed by atoms with van der Waals surface area (Å²) in [7, 11) is 0. The molecule has 0 heterocycles. The number of hydrogen-bond donors (Lipinski definition) is 3. The van der Waals surface area contributed by atoms with Gasteiger partial charge in [0, 0.05) is 12.8 Å². The molecule has 6 nitrogen and oxygen atoms in total. The van der Waals surface area contributed by atoms with E-state index in [0.717, 1.165) is 57.8 Å². The number of ether oxygens (including phenoxy) is 1. The van der Waals surface area contributed by atoms with Crippen molar-refractivity contribution in [3.8, 4) is 0 Å². The van der Waals surface area contributed by atoms with Gasteiger partial charge >= 0.3 is 5.97 Å². The Morgan fingerprint density at radius 2 is 0.862 bits per heavy atom. The van der Waals surface area contributed by atoms with Crippen LogP contribution in [0.4, 0.5) is 0 Å². The van der Waals surface area contributed by atoms with Crippen LogP contribution in [-0.4, -0.2) is 47.4 Å². The first-order valence-corrected chi connectivity index (χ1v) is 25.6. The lowest BCUT2D eigenvalue weighted by Gasteiger charge is -2.22.